The van der Waals surface area contributed by atoms with Crippen molar-refractivity contribution in [2.24, 2.45) is 0 Å². The SMILES string of the molecule is O=S1(=O)CC[C@H](Nc2ncnc3c2cnn3-c2ccc(Cl)c(Cl)c2)C1. The Morgan fingerprint density at radius 2 is 2.04 bits per heavy atom. The van der Waals surface area contributed by atoms with E-state index in [0.29, 0.717) is 33.3 Å². The van der Waals surface area contributed by atoms with Crippen molar-refractivity contribution in [2.45, 2.75) is 12.5 Å². The Kier molecular flexibility index (Phi) is 4.05. The van der Waals surface area contributed by atoms with Crippen molar-refractivity contribution in [3.8, 4) is 5.69 Å². The van der Waals surface area contributed by atoms with Gasteiger partial charge < -0.3 is 5.32 Å². The topological polar surface area (TPSA) is 89.8 Å². The van der Waals surface area contributed by atoms with Crippen molar-refractivity contribution >= 4 is 49.9 Å². The van der Waals surface area contributed by atoms with Crippen molar-refractivity contribution in [3.05, 3.63) is 40.8 Å². The number of fused-ring (bicyclic) bond motifs is 1. The standard InChI is InChI=1S/C15H13Cl2N5O2S/c16-12-2-1-10(5-13(12)17)22-15-11(6-20-22)14(18-8-19-15)21-9-3-4-25(23,24)7-9/h1-2,5-6,8-9H,3-4,7H2,(H,18,19,21)/t9-/m0/s1. The van der Waals surface area contributed by atoms with E-state index in [1.165, 1.54) is 6.33 Å². The van der Waals surface area contributed by atoms with Crippen LogP contribution in [0.15, 0.2) is 30.7 Å². The van der Waals surface area contributed by atoms with Gasteiger partial charge in [0.15, 0.2) is 15.5 Å². The number of nitrogens with one attached hydrogen (secondary N) is 1. The molecule has 0 unspecified atom stereocenters. The summed E-state index contributed by atoms with van der Waals surface area (Å²) in [6, 6.07) is 5.03. The summed E-state index contributed by atoms with van der Waals surface area (Å²) < 4.78 is 24.9. The Bertz CT molecular complexity index is 1070. The lowest BCUT2D eigenvalue weighted by Crippen LogP contribution is -2.21. The van der Waals surface area contributed by atoms with Crippen molar-refractivity contribution in [1.29, 1.82) is 0 Å². The molecule has 1 fully saturated rings. The fourth-order valence-electron chi connectivity index (χ4n) is 2.87. The maximum Gasteiger partial charge on any atom is 0.168 e. The first-order valence-electron chi connectivity index (χ1n) is 7.54. The minimum Gasteiger partial charge on any atom is -0.366 e. The first-order valence-corrected chi connectivity index (χ1v) is 10.1. The summed E-state index contributed by atoms with van der Waals surface area (Å²) in [5, 5.41) is 9.14. The fourth-order valence-corrected chi connectivity index (χ4v) is 4.83. The number of sulfone groups is 1. The highest BCUT2D eigenvalue weighted by atomic mass is 35.5. The second-order valence-corrected chi connectivity index (χ2v) is 8.90. The van der Waals surface area contributed by atoms with Crippen LogP contribution in [0.25, 0.3) is 16.7 Å². The second-order valence-electron chi connectivity index (χ2n) is 5.86. The Hall–Kier alpha value is -1.90. The monoisotopic (exact) mass is 397 g/mol. The number of anilines is 1. The van der Waals surface area contributed by atoms with Gasteiger partial charge >= 0.3 is 0 Å². The average molecular weight is 398 g/mol. The molecule has 1 saturated heterocycles. The van der Waals surface area contributed by atoms with Crippen LogP contribution in [0.5, 0.6) is 0 Å². The van der Waals surface area contributed by atoms with Crippen LogP contribution in [0.3, 0.4) is 0 Å². The normalized spacial score (nSPS) is 19.4. The van der Waals surface area contributed by atoms with Gasteiger partial charge in [0.2, 0.25) is 0 Å². The molecular formula is C15H13Cl2N5O2S. The zero-order chi connectivity index (χ0) is 17.6. The Balaban J connectivity index is 1.72. The molecule has 0 spiro atoms. The zero-order valence-corrected chi connectivity index (χ0v) is 15.2. The zero-order valence-electron chi connectivity index (χ0n) is 12.9. The number of rotatable bonds is 3. The van der Waals surface area contributed by atoms with Crippen LogP contribution < -0.4 is 5.32 Å². The lowest BCUT2D eigenvalue weighted by atomic mass is 10.2. The van der Waals surface area contributed by atoms with Crippen LogP contribution >= 0.6 is 23.2 Å². The highest BCUT2D eigenvalue weighted by molar-refractivity contribution is 7.91. The predicted molar refractivity (Wildman–Crippen MR) is 97.4 cm³/mol. The molecule has 10 heteroatoms. The highest BCUT2D eigenvalue weighted by Gasteiger charge is 2.28. The van der Waals surface area contributed by atoms with E-state index in [-0.39, 0.29) is 17.5 Å². The van der Waals surface area contributed by atoms with Gasteiger partial charge in [-0.2, -0.15) is 5.10 Å². The first kappa shape index (κ1) is 16.6. The van der Waals surface area contributed by atoms with Gasteiger partial charge in [0, 0.05) is 6.04 Å². The molecule has 0 radical (unpaired) electrons. The molecular weight excluding hydrogens is 385 g/mol. The van der Waals surface area contributed by atoms with Gasteiger partial charge in [-0.15, -0.1) is 0 Å². The maximum absolute atomic E-state index is 11.6. The average Bonchev–Trinajstić information content (AvgIpc) is 3.14. The Labute approximate surface area is 153 Å². The van der Waals surface area contributed by atoms with E-state index < -0.39 is 9.84 Å². The molecule has 1 atom stereocenters. The number of hydrogen-bond donors (Lipinski definition) is 1. The van der Waals surface area contributed by atoms with E-state index in [9.17, 15) is 8.42 Å². The largest absolute Gasteiger partial charge is 0.366 e. The highest BCUT2D eigenvalue weighted by Crippen LogP contribution is 2.28. The molecule has 4 rings (SSSR count). The third kappa shape index (κ3) is 3.17. The lowest BCUT2D eigenvalue weighted by Gasteiger charge is -2.12. The van der Waals surface area contributed by atoms with Crippen molar-refractivity contribution in [1.82, 2.24) is 19.7 Å². The van der Waals surface area contributed by atoms with Crippen LogP contribution in [-0.2, 0) is 9.84 Å². The predicted octanol–water partition coefficient (Wildman–Crippen LogP) is 2.72. The van der Waals surface area contributed by atoms with Crippen LogP contribution in [0.2, 0.25) is 10.0 Å². The van der Waals surface area contributed by atoms with Gasteiger partial charge in [-0.3, -0.25) is 0 Å². The van der Waals surface area contributed by atoms with Crippen LogP contribution in [0.1, 0.15) is 6.42 Å². The number of aromatic nitrogens is 4. The molecule has 1 aliphatic rings. The van der Waals surface area contributed by atoms with E-state index in [1.54, 1.807) is 29.1 Å². The van der Waals surface area contributed by atoms with Gasteiger partial charge in [0.05, 0.1) is 38.8 Å². The van der Waals surface area contributed by atoms with Crippen LogP contribution in [-0.4, -0.2) is 45.7 Å². The third-order valence-corrected chi connectivity index (χ3v) is 6.59. The summed E-state index contributed by atoms with van der Waals surface area (Å²) in [5.74, 6) is 0.874. The molecule has 1 aliphatic heterocycles. The molecule has 25 heavy (non-hydrogen) atoms. The Morgan fingerprint density at radius 3 is 2.76 bits per heavy atom. The molecule has 0 aliphatic carbocycles. The molecule has 3 heterocycles. The van der Waals surface area contributed by atoms with Crippen molar-refractivity contribution in [2.75, 3.05) is 16.8 Å². The van der Waals surface area contributed by atoms with Gasteiger partial charge in [0.1, 0.15) is 12.1 Å². The van der Waals surface area contributed by atoms with Gasteiger partial charge in [-0.25, -0.2) is 23.1 Å². The molecule has 2 aromatic heterocycles. The van der Waals surface area contributed by atoms with Gasteiger partial charge in [-0.1, -0.05) is 23.2 Å². The van der Waals surface area contributed by atoms with E-state index in [0.717, 1.165) is 5.69 Å². The summed E-state index contributed by atoms with van der Waals surface area (Å²) in [4.78, 5) is 8.53. The van der Waals surface area contributed by atoms with Crippen molar-refractivity contribution in [3.63, 3.8) is 0 Å². The van der Waals surface area contributed by atoms with E-state index in [1.807, 2.05) is 0 Å². The first-order chi connectivity index (χ1) is 11.9. The molecule has 1 aromatic carbocycles. The molecule has 7 nitrogen and oxygen atoms in total. The molecule has 130 valence electrons. The number of nitrogens with zero attached hydrogens (tertiary/aromatic N) is 4. The van der Waals surface area contributed by atoms with Crippen LogP contribution in [0.4, 0.5) is 5.82 Å². The minimum absolute atomic E-state index is 0.111. The molecule has 0 amide bonds. The number of halogens is 2. The second kappa shape index (κ2) is 6.12. The molecule has 0 saturated carbocycles. The summed E-state index contributed by atoms with van der Waals surface area (Å²) in [7, 11) is -2.97. The van der Waals surface area contributed by atoms with E-state index in [4.69, 9.17) is 23.2 Å². The Morgan fingerprint density at radius 1 is 1.20 bits per heavy atom. The van der Waals surface area contributed by atoms with Crippen LogP contribution in [0, 0.1) is 0 Å². The third-order valence-electron chi connectivity index (χ3n) is 4.09. The summed E-state index contributed by atoms with van der Waals surface area (Å²) in [6.07, 6.45) is 3.63. The number of benzene rings is 1. The molecule has 1 N–H and O–H groups in total. The molecule has 3 aromatic rings. The van der Waals surface area contributed by atoms with E-state index >= 15 is 0 Å². The summed E-state index contributed by atoms with van der Waals surface area (Å²) >= 11 is 12.0. The fraction of sp³-hybridized carbons (Fsp3) is 0.267. The number of hydrogen-bond acceptors (Lipinski definition) is 6. The smallest absolute Gasteiger partial charge is 0.168 e. The van der Waals surface area contributed by atoms with Gasteiger partial charge in [-0.05, 0) is 24.6 Å². The quantitative estimate of drug-likeness (QED) is 0.730. The summed E-state index contributed by atoms with van der Waals surface area (Å²) in [5.41, 5.74) is 1.31. The minimum atomic E-state index is -2.97. The van der Waals surface area contributed by atoms with E-state index in [2.05, 4.69) is 20.4 Å². The summed E-state index contributed by atoms with van der Waals surface area (Å²) in [6.45, 7) is 0. The van der Waals surface area contributed by atoms with Crippen molar-refractivity contribution < 1.29 is 8.42 Å². The maximum atomic E-state index is 11.6. The lowest BCUT2D eigenvalue weighted by molar-refractivity contribution is 0.602. The van der Waals surface area contributed by atoms with Gasteiger partial charge in [0.25, 0.3) is 0 Å². The molecule has 0 bridgehead atoms.